The summed E-state index contributed by atoms with van der Waals surface area (Å²) in [6.45, 7) is 0. The molecule has 0 bridgehead atoms. The topological polar surface area (TPSA) is 48.1 Å². The van der Waals surface area contributed by atoms with Crippen LogP contribution >= 0.6 is 15.9 Å². The number of para-hydroxylation sites is 2. The zero-order valence-corrected chi connectivity index (χ0v) is 14.7. The normalized spacial score (nSPS) is 10.9. The molecule has 4 aromatic rings. The van der Waals surface area contributed by atoms with Gasteiger partial charge in [0.2, 0.25) is 0 Å². The van der Waals surface area contributed by atoms with Crippen LogP contribution in [0.3, 0.4) is 0 Å². The van der Waals surface area contributed by atoms with Crippen molar-refractivity contribution in [2.24, 2.45) is 0 Å². The number of fused-ring (bicyclic) bond motifs is 1. The minimum absolute atomic E-state index is 0.0883. The first-order valence-electron chi connectivity index (χ1n) is 7.75. The number of benzene rings is 3. The third-order valence-corrected chi connectivity index (χ3v) is 4.69. The molecule has 0 fully saturated rings. The molecule has 0 aliphatic heterocycles. The number of hydrogen-bond acceptors (Lipinski definition) is 2. The van der Waals surface area contributed by atoms with Gasteiger partial charge in [-0.15, -0.1) is 0 Å². The van der Waals surface area contributed by atoms with E-state index in [2.05, 4.69) is 20.5 Å². The Morgan fingerprint density at radius 1 is 0.880 bits per heavy atom. The Bertz CT molecular complexity index is 1090. The van der Waals surface area contributed by atoms with Gasteiger partial charge in [0.1, 0.15) is 0 Å². The summed E-state index contributed by atoms with van der Waals surface area (Å²) in [5, 5.41) is 12.5. The Labute approximate surface area is 152 Å². The number of hydrogen-bond donors (Lipinski definition) is 0. The van der Waals surface area contributed by atoms with Crippen molar-refractivity contribution in [2.45, 2.75) is 0 Å². The average Bonchev–Trinajstić information content (AvgIpc) is 3.02. The number of aromatic nitrogens is 1. The third kappa shape index (κ3) is 2.72. The molecule has 0 saturated heterocycles. The number of nitro benzene ring substituents is 1. The van der Waals surface area contributed by atoms with Crippen LogP contribution in [0.2, 0.25) is 0 Å². The Morgan fingerprint density at radius 3 is 2.36 bits per heavy atom. The maximum Gasteiger partial charge on any atom is 0.278 e. The fraction of sp³-hybridized carbons (Fsp3) is 0. The van der Waals surface area contributed by atoms with Gasteiger partial charge in [0.05, 0.1) is 16.0 Å². The number of halogens is 1. The Balaban J connectivity index is 2.03. The van der Waals surface area contributed by atoms with Crippen LogP contribution in [0.1, 0.15) is 0 Å². The van der Waals surface area contributed by atoms with E-state index in [1.54, 1.807) is 12.1 Å². The zero-order valence-electron chi connectivity index (χ0n) is 13.1. The average molecular weight is 393 g/mol. The van der Waals surface area contributed by atoms with E-state index in [1.165, 1.54) is 0 Å². The van der Waals surface area contributed by atoms with Gasteiger partial charge in [0.15, 0.2) is 0 Å². The summed E-state index contributed by atoms with van der Waals surface area (Å²) in [5.74, 6) is 0. The molecule has 0 spiro atoms. The van der Waals surface area contributed by atoms with E-state index >= 15 is 0 Å². The first-order chi connectivity index (χ1) is 12.1. The van der Waals surface area contributed by atoms with Crippen LogP contribution in [0.4, 0.5) is 5.69 Å². The molecule has 5 heteroatoms. The van der Waals surface area contributed by atoms with Gasteiger partial charge in [-0.2, -0.15) is 0 Å². The Hall–Kier alpha value is -2.92. The Morgan fingerprint density at radius 2 is 1.60 bits per heavy atom. The van der Waals surface area contributed by atoms with E-state index < -0.39 is 0 Å². The van der Waals surface area contributed by atoms with E-state index in [1.807, 2.05) is 66.9 Å². The molecule has 25 heavy (non-hydrogen) atoms. The van der Waals surface area contributed by atoms with Gasteiger partial charge in [-0.25, -0.2) is 0 Å². The highest BCUT2D eigenvalue weighted by Crippen LogP contribution is 2.38. The minimum atomic E-state index is -0.339. The van der Waals surface area contributed by atoms with Gasteiger partial charge in [-0.1, -0.05) is 52.3 Å². The van der Waals surface area contributed by atoms with Crippen molar-refractivity contribution in [1.29, 1.82) is 0 Å². The minimum Gasteiger partial charge on any atom is -0.316 e. The second-order valence-corrected chi connectivity index (χ2v) is 6.60. The molecule has 0 saturated carbocycles. The second kappa shape index (κ2) is 6.18. The van der Waals surface area contributed by atoms with E-state index in [4.69, 9.17) is 0 Å². The van der Waals surface area contributed by atoms with Crippen molar-refractivity contribution in [3.63, 3.8) is 0 Å². The van der Waals surface area contributed by atoms with Crippen molar-refractivity contribution in [1.82, 2.24) is 4.57 Å². The first kappa shape index (κ1) is 15.6. The lowest BCUT2D eigenvalue weighted by Gasteiger charge is -2.04. The van der Waals surface area contributed by atoms with Gasteiger partial charge in [0.25, 0.3) is 5.69 Å². The smallest absolute Gasteiger partial charge is 0.278 e. The fourth-order valence-electron chi connectivity index (χ4n) is 3.08. The summed E-state index contributed by atoms with van der Waals surface area (Å²) in [5.41, 5.74) is 3.58. The predicted octanol–water partition coefficient (Wildman–Crippen LogP) is 5.97. The van der Waals surface area contributed by atoms with Gasteiger partial charge in [-0.05, 0) is 30.3 Å². The molecule has 4 nitrogen and oxygen atoms in total. The maximum atomic E-state index is 11.5. The lowest BCUT2D eigenvalue weighted by Crippen LogP contribution is -1.92. The lowest BCUT2D eigenvalue weighted by atomic mass is 10.0. The molecule has 4 rings (SSSR count). The zero-order chi connectivity index (χ0) is 17.4. The first-order valence-corrected chi connectivity index (χ1v) is 8.54. The van der Waals surface area contributed by atoms with E-state index in [0.29, 0.717) is 10.0 Å². The summed E-state index contributed by atoms with van der Waals surface area (Å²) in [4.78, 5) is 11.2. The molecule has 122 valence electrons. The van der Waals surface area contributed by atoms with Crippen LogP contribution in [0.15, 0.2) is 83.5 Å². The van der Waals surface area contributed by atoms with Crippen molar-refractivity contribution in [3.05, 3.63) is 93.6 Å². The molecule has 0 N–H and O–H groups in total. The van der Waals surface area contributed by atoms with Crippen LogP contribution in [0.5, 0.6) is 0 Å². The van der Waals surface area contributed by atoms with Gasteiger partial charge < -0.3 is 4.57 Å². The molecule has 0 unspecified atom stereocenters. The standard InChI is InChI=1S/C20H13BrN2O2/c21-14-10-11-17(20(12-14)23(24)25)18-13-22(15-6-2-1-3-7-15)19-9-5-4-8-16(18)19/h1-13H. The Kier molecular flexibility index (Phi) is 3.86. The third-order valence-electron chi connectivity index (χ3n) is 4.19. The van der Waals surface area contributed by atoms with Crippen LogP contribution < -0.4 is 0 Å². The quantitative estimate of drug-likeness (QED) is 0.318. The molecule has 0 aliphatic carbocycles. The SMILES string of the molecule is O=[N+]([O-])c1cc(Br)ccc1-c1cn(-c2ccccc2)c2ccccc12. The van der Waals surface area contributed by atoms with Crippen molar-refractivity contribution < 1.29 is 4.92 Å². The van der Waals surface area contributed by atoms with Crippen molar-refractivity contribution in [2.75, 3.05) is 0 Å². The van der Waals surface area contributed by atoms with Crippen LogP contribution in [0, 0.1) is 10.1 Å². The molecule has 1 aromatic heterocycles. The highest BCUT2D eigenvalue weighted by Gasteiger charge is 2.20. The number of nitrogens with zero attached hydrogens (tertiary/aromatic N) is 2. The monoisotopic (exact) mass is 392 g/mol. The maximum absolute atomic E-state index is 11.5. The summed E-state index contributed by atoms with van der Waals surface area (Å²) >= 11 is 3.32. The highest BCUT2D eigenvalue weighted by molar-refractivity contribution is 9.10. The van der Waals surface area contributed by atoms with Crippen LogP contribution in [0.25, 0.3) is 27.7 Å². The molecule has 1 heterocycles. The molecule has 0 aliphatic rings. The molecule has 0 radical (unpaired) electrons. The molecular formula is C20H13BrN2O2. The van der Waals surface area contributed by atoms with E-state index in [9.17, 15) is 10.1 Å². The summed E-state index contributed by atoms with van der Waals surface area (Å²) in [6.07, 6.45) is 1.97. The summed E-state index contributed by atoms with van der Waals surface area (Å²) in [7, 11) is 0. The van der Waals surface area contributed by atoms with Gasteiger partial charge in [0, 0.05) is 33.4 Å². The highest BCUT2D eigenvalue weighted by atomic mass is 79.9. The predicted molar refractivity (Wildman–Crippen MR) is 103 cm³/mol. The van der Waals surface area contributed by atoms with Crippen molar-refractivity contribution in [3.8, 4) is 16.8 Å². The number of nitro groups is 1. The largest absolute Gasteiger partial charge is 0.316 e. The van der Waals surface area contributed by atoms with Gasteiger partial charge >= 0.3 is 0 Å². The molecule has 0 amide bonds. The lowest BCUT2D eigenvalue weighted by molar-refractivity contribution is -0.384. The molecule has 3 aromatic carbocycles. The van der Waals surface area contributed by atoms with Gasteiger partial charge in [-0.3, -0.25) is 10.1 Å². The van der Waals surface area contributed by atoms with Crippen LogP contribution in [-0.4, -0.2) is 9.49 Å². The fourth-order valence-corrected chi connectivity index (χ4v) is 3.43. The second-order valence-electron chi connectivity index (χ2n) is 5.68. The van der Waals surface area contributed by atoms with E-state index in [-0.39, 0.29) is 10.6 Å². The number of rotatable bonds is 3. The molecular weight excluding hydrogens is 380 g/mol. The van der Waals surface area contributed by atoms with E-state index in [0.717, 1.165) is 22.2 Å². The summed E-state index contributed by atoms with van der Waals surface area (Å²) in [6, 6.07) is 23.1. The summed E-state index contributed by atoms with van der Waals surface area (Å²) < 4.78 is 2.76. The molecule has 0 atom stereocenters. The van der Waals surface area contributed by atoms with Crippen LogP contribution in [-0.2, 0) is 0 Å². The van der Waals surface area contributed by atoms with Crippen molar-refractivity contribution >= 4 is 32.5 Å².